The van der Waals surface area contributed by atoms with E-state index < -0.39 is 17.0 Å². The summed E-state index contributed by atoms with van der Waals surface area (Å²) in [4.78, 5) is 11.8. The minimum atomic E-state index is -2.10. The van der Waals surface area contributed by atoms with Gasteiger partial charge in [0, 0.05) is 0 Å². The van der Waals surface area contributed by atoms with Gasteiger partial charge in [-0.2, -0.15) is 0 Å². The van der Waals surface area contributed by atoms with E-state index in [0.717, 1.165) is 18.6 Å². The van der Waals surface area contributed by atoms with Gasteiger partial charge in [0.25, 0.3) is 0 Å². The number of carbonyl (C=O) groups is 1. The zero-order valence-electron chi connectivity index (χ0n) is 16.1. The summed E-state index contributed by atoms with van der Waals surface area (Å²) in [7, 11) is 2.27. The zero-order chi connectivity index (χ0) is 17.4. The maximum atomic E-state index is 11.8. The van der Waals surface area contributed by atoms with Crippen molar-refractivity contribution in [2.45, 2.75) is 98.8 Å². The molecule has 0 amide bonds. The molecule has 0 unspecified atom stereocenters. The summed E-state index contributed by atoms with van der Waals surface area (Å²) in [6.07, 6.45) is 10.9. The molecule has 0 aromatic rings. The number of unbranched alkanes of at least 4 members (excludes halogenated alkanes) is 4. The zero-order valence-corrected chi connectivity index (χ0v) is 19.8. The SMILES string of the molecule is CCCCOC(=O)CC[S][Sn]([CH2]CCC)([CH2]CCC)[CH2]CCC. The van der Waals surface area contributed by atoms with Crippen LogP contribution >= 0.6 is 8.95 Å². The van der Waals surface area contributed by atoms with E-state index in [1.54, 1.807) is 0 Å². The number of rotatable bonds is 16. The molecule has 0 saturated carbocycles. The standard InChI is InChI=1S/C7H14O2S.3C4H9.Sn/c1-2-3-5-9-7(8)4-6-10;3*1-3-4-2;/h10H,2-6H2,1H3;3*1,3-4H2,2H3;/q;;;;+1/p-1. The monoisotopic (exact) mass is 452 g/mol. The van der Waals surface area contributed by atoms with Crippen molar-refractivity contribution in [3.63, 3.8) is 0 Å². The Morgan fingerprint density at radius 3 is 1.74 bits per heavy atom. The predicted molar refractivity (Wildman–Crippen MR) is 108 cm³/mol. The fourth-order valence-electron chi connectivity index (χ4n) is 2.84. The van der Waals surface area contributed by atoms with Gasteiger partial charge in [0.15, 0.2) is 0 Å². The van der Waals surface area contributed by atoms with Crippen LogP contribution in [0.25, 0.3) is 0 Å². The van der Waals surface area contributed by atoms with Crippen LogP contribution in [0.1, 0.15) is 85.5 Å². The van der Waals surface area contributed by atoms with Gasteiger partial charge in [0.1, 0.15) is 0 Å². The molecule has 0 atom stereocenters. The maximum absolute atomic E-state index is 11.8. The average molecular weight is 451 g/mol. The van der Waals surface area contributed by atoms with E-state index in [-0.39, 0.29) is 5.97 Å². The van der Waals surface area contributed by atoms with Crippen molar-refractivity contribution in [2.24, 2.45) is 0 Å². The van der Waals surface area contributed by atoms with Crippen molar-refractivity contribution < 1.29 is 9.53 Å². The number of hydrogen-bond donors (Lipinski definition) is 0. The molecule has 0 aliphatic heterocycles. The summed E-state index contributed by atoms with van der Waals surface area (Å²) in [5.41, 5.74) is 0. The Labute approximate surface area is 152 Å². The Balaban J connectivity index is 4.42. The molecule has 2 nitrogen and oxygen atoms in total. The molecular formula is C19H40O2SSn. The van der Waals surface area contributed by atoms with E-state index in [9.17, 15) is 4.79 Å². The van der Waals surface area contributed by atoms with Crippen molar-refractivity contribution >= 4 is 31.9 Å². The van der Waals surface area contributed by atoms with Crippen LogP contribution in [0.2, 0.25) is 13.3 Å². The summed E-state index contributed by atoms with van der Waals surface area (Å²) in [5, 5.41) is 0. The second kappa shape index (κ2) is 16.1. The molecule has 0 N–H and O–H groups in total. The van der Waals surface area contributed by atoms with Crippen molar-refractivity contribution in [3.05, 3.63) is 0 Å². The van der Waals surface area contributed by atoms with Crippen LogP contribution in [0, 0.1) is 0 Å². The molecule has 0 bridgehead atoms. The third-order valence-corrected chi connectivity index (χ3v) is 27.4. The molecule has 0 aliphatic rings. The predicted octanol–water partition coefficient (Wildman–Crippen LogP) is 6.80. The Bertz CT molecular complexity index is 263. The number of ether oxygens (including phenoxy) is 1. The van der Waals surface area contributed by atoms with E-state index in [0.29, 0.717) is 13.0 Å². The molecule has 4 heteroatoms. The van der Waals surface area contributed by atoms with Crippen LogP contribution in [0.5, 0.6) is 0 Å². The molecule has 0 fully saturated rings. The van der Waals surface area contributed by atoms with E-state index >= 15 is 0 Å². The Morgan fingerprint density at radius 2 is 1.30 bits per heavy atom. The second-order valence-corrected chi connectivity index (χ2v) is 26.7. The quantitative estimate of drug-likeness (QED) is 0.147. The van der Waals surface area contributed by atoms with Crippen molar-refractivity contribution in [1.29, 1.82) is 0 Å². The van der Waals surface area contributed by atoms with Gasteiger partial charge in [0.2, 0.25) is 0 Å². The molecule has 0 saturated heterocycles. The van der Waals surface area contributed by atoms with Gasteiger partial charge in [-0.15, -0.1) is 0 Å². The summed E-state index contributed by atoms with van der Waals surface area (Å²) in [5.74, 6) is 1.03. The first-order chi connectivity index (χ1) is 11.1. The molecule has 0 radical (unpaired) electrons. The van der Waals surface area contributed by atoms with Crippen LogP contribution in [-0.2, 0) is 9.53 Å². The molecule has 0 spiro atoms. The Hall–Kier alpha value is 0.619. The molecule has 23 heavy (non-hydrogen) atoms. The van der Waals surface area contributed by atoms with E-state index in [4.69, 9.17) is 4.74 Å². The molecular weight excluding hydrogens is 411 g/mol. The molecule has 138 valence electrons. The van der Waals surface area contributed by atoms with Gasteiger partial charge in [0.05, 0.1) is 0 Å². The third kappa shape index (κ3) is 12.6. The van der Waals surface area contributed by atoms with Gasteiger partial charge >= 0.3 is 153 Å². The molecule has 0 aliphatic carbocycles. The van der Waals surface area contributed by atoms with Crippen LogP contribution in [-0.4, -0.2) is 35.3 Å². The van der Waals surface area contributed by atoms with Gasteiger partial charge in [-0.3, -0.25) is 0 Å². The van der Waals surface area contributed by atoms with Crippen molar-refractivity contribution in [3.8, 4) is 0 Å². The van der Waals surface area contributed by atoms with E-state index in [1.807, 2.05) is 0 Å². The second-order valence-electron chi connectivity index (χ2n) is 6.67. The van der Waals surface area contributed by atoms with Crippen LogP contribution < -0.4 is 0 Å². The summed E-state index contributed by atoms with van der Waals surface area (Å²) >= 11 is -2.10. The fraction of sp³-hybridized carbons (Fsp3) is 0.947. The van der Waals surface area contributed by atoms with Gasteiger partial charge in [-0.05, 0) is 0 Å². The van der Waals surface area contributed by atoms with Gasteiger partial charge < -0.3 is 0 Å². The molecule has 0 heterocycles. The summed E-state index contributed by atoms with van der Waals surface area (Å²) in [6, 6.07) is 0. The first kappa shape index (κ1) is 23.6. The molecule has 0 rings (SSSR count). The number of carbonyl (C=O) groups excluding carboxylic acids is 1. The summed E-state index contributed by atoms with van der Waals surface area (Å²) < 4.78 is 9.86. The third-order valence-electron chi connectivity index (χ3n) is 4.43. The number of hydrogen-bond acceptors (Lipinski definition) is 3. The van der Waals surface area contributed by atoms with E-state index in [2.05, 4.69) is 36.6 Å². The van der Waals surface area contributed by atoms with Crippen LogP contribution in [0.15, 0.2) is 0 Å². The normalized spacial score (nSPS) is 11.7. The minimum absolute atomic E-state index is 0.0209. The number of esters is 1. The van der Waals surface area contributed by atoms with Crippen LogP contribution in [0.4, 0.5) is 0 Å². The van der Waals surface area contributed by atoms with Crippen molar-refractivity contribution in [1.82, 2.24) is 0 Å². The first-order valence-corrected chi connectivity index (χ1v) is 20.5. The average Bonchev–Trinajstić information content (AvgIpc) is 2.56. The Morgan fingerprint density at radius 1 is 0.826 bits per heavy atom. The fourth-order valence-corrected chi connectivity index (χ4v) is 25.9. The van der Waals surface area contributed by atoms with Gasteiger partial charge in [-0.1, -0.05) is 0 Å². The van der Waals surface area contributed by atoms with Crippen LogP contribution in [0.3, 0.4) is 0 Å². The Kier molecular flexibility index (Phi) is 16.5. The van der Waals surface area contributed by atoms with Crippen molar-refractivity contribution in [2.75, 3.05) is 12.4 Å². The molecule has 0 aromatic heterocycles. The first-order valence-electron chi connectivity index (χ1n) is 9.93. The molecule has 0 aromatic carbocycles. The topological polar surface area (TPSA) is 26.3 Å². The van der Waals surface area contributed by atoms with Gasteiger partial charge in [-0.25, -0.2) is 0 Å². The summed E-state index contributed by atoms with van der Waals surface area (Å²) in [6.45, 7) is 9.67. The van der Waals surface area contributed by atoms with E-state index in [1.165, 1.54) is 51.8 Å².